The van der Waals surface area contributed by atoms with E-state index < -0.39 is 39.0 Å². The Kier molecular flexibility index (Phi) is 9.22. The molecule has 16 heteroatoms. The number of aryl methyl sites for hydroxylation is 2. The normalized spacial score (nSPS) is 11.6. The number of halogens is 3. The van der Waals surface area contributed by atoms with Crippen LogP contribution in [0.5, 0.6) is 0 Å². The van der Waals surface area contributed by atoms with Gasteiger partial charge in [-0.1, -0.05) is 6.07 Å². The number of rotatable bonds is 10. The molecule has 232 valence electrons. The first kappa shape index (κ1) is 31.9. The van der Waals surface area contributed by atoms with Gasteiger partial charge in [-0.3, -0.25) is 9.59 Å². The Bertz CT molecular complexity index is 1820. The molecule has 0 aliphatic carbocycles. The fraction of sp³-hybridized carbons (Fsp3) is 0.250. The number of aromatic nitrogens is 4. The molecule has 0 bridgehead atoms. The number of hydrogen-bond donors (Lipinski definition) is 4. The molecule has 0 atom stereocenters. The summed E-state index contributed by atoms with van der Waals surface area (Å²) in [7, 11) is -1.68. The van der Waals surface area contributed by atoms with E-state index in [0.717, 1.165) is 17.9 Å². The Morgan fingerprint density at radius 2 is 1.70 bits per heavy atom. The van der Waals surface area contributed by atoms with Gasteiger partial charge in [0.1, 0.15) is 27.8 Å². The van der Waals surface area contributed by atoms with Crippen molar-refractivity contribution in [1.82, 2.24) is 25.1 Å². The largest absolute Gasteiger partial charge is 0.416 e. The maximum Gasteiger partial charge on any atom is 0.416 e. The molecule has 0 saturated heterocycles. The van der Waals surface area contributed by atoms with Gasteiger partial charge >= 0.3 is 6.18 Å². The number of carbonyl (C=O) groups excluding carboxylic acids is 2. The summed E-state index contributed by atoms with van der Waals surface area (Å²) in [6.45, 7) is 3.32. The molecule has 2 amide bonds. The van der Waals surface area contributed by atoms with Gasteiger partial charge in [0.2, 0.25) is 0 Å². The van der Waals surface area contributed by atoms with E-state index in [1.54, 1.807) is 36.9 Å². The van der Waals surface area contributed by atoms with Crippen LogP contribution >= 0.6 is 0 Å². The van der Waals surface area contributed by atoms with Crippen molar-refractivity contribution in [3.8, 4) is 5.82 Å². The number of hydrogen-bond acceptors (Lipinski definition) is 9. The van der Waals surface area contributed by atoms with Crippen molar-refractivity contribution < 1.29 is 31.2 Å². The highest BCUT2D eigenvalue weighted by atomic mass is 32.2. The van der Waals surface area contributed by atoms with Gasteiger partial charge in [0, 0.05) is 54.5 Å². The predicted molar refractivity (Wildman–Crippen MR) is 159 cm³/mol. The number of anilines is 4. The summed E-state index contributed by atoms with van der Waals surface area (Å²) in [5.41, 5.74) is 0.260. The Balaban J connectivity index is 1.59. The average molecular weight is 631 g/mol. The minimum absolute atomic E-state index is 0.122. The van der Waals surface area contributed by atoms with E-state index in [4.69, 9.17) is 0 Å². The van der Waals surface area contributed by atoms with E-state index in [1.165, 1.54) is 18.5 Å². The van der Waals surface area contributed by atoms with Crippen molar-refractivity contribution in [2.75, 3.05) is 41.6 Å². The number of amides is 2. The van der Waals surface area contributed by atoms with Crippen LogP contribution in [-0.4, -0.2) is 65.6 Å². The number of nitrogens with one attached hydrogen (secondary N) is 4. The average Bonchev–Trinajstić information content (AvgIpc) is 3.32. The summed E-state index contributed by atoms with van der Waals surface area (Å²) >= 11 is 0. The van der Waals surface area contributed by atoms with Crippen molar-refractivity contribution in [1.29, 1.82) is 0 Å². The molecule has 12 nitrogen and oxygen atoms in total. The van der Waals surface area contributed by atoms with Crippen molar-refractivity contribution >= 4 is 44.7 Å². The van der Waals surface area contributed by atoms with Gasteiger partial charge in [0.25, 0.3) is 11.8 Å². The van der Waals surface area contributed by atoms with Crippen molar-refractivity contribution in [3.63, 3.8) is 0 Å². The molecule has 0 aliphatic heterocycles. The Morgan fingerprint density at radius 1 is 0.955 bits per heavy atom. The van der Waals surface area contributed by atoms with Crippen LogP contribution in [0.15, 0.2) is 54.9 Å². The molecule has 0 unspecified atom stereocenters. The van der Waals surface area contributed by atoms with Gasteiger partial charge in [-0.05, 0) is 49.7 Å². The SMILES string of the molecule is CNc1cc(-n2nc(C)cc2Nc2cc(C(=O)Nc3cc(C(=O)NCCS(C)(=O)=O)cc(C(F)(F)F)c3)ccc2C)ncn1. The van der Waals surface area contributed by atoms with Crippen molar-refractivity contribution in [2.24, 2.45) is 0 Å². The van der Waals surface area contributed by atoms with E-state index >= 15 is 0 Å². The smallest absolute Gasteiger partial charge is 0.373 e. The monoisotopic (exact) mass is 630 g/mol. The maximum absolute atomic E-state index is 13.6. The van der Waals surface area contributed by atoms with E-state index in [0.29, 0.717) is 41.0 Å². The van der Waals surface area contributed by atoms with E-state index in [2.05, 4.69) is 36.3 Å². The highest BCUT2D eigenvalue weighted by molar-refractivity contribution is 7.90. The lowest BCUT2D eigenvalue weighted by molar-refractivity contribution is -0.137. The Morgan fingerprint density at radius 3 is 2.39 bits per heavy atom. The molecular weight excluding hydrogens is 601 g/mol. The fourth-order valence-electron chi connectivity index (χ4n) is 4.05. The summed E-state index contributed by atoms with van der Waals surface area (Å²) in [6.07, 6.45) is -2.46. The zero-order chi connectivity index (χ0) is 32.2. The zero-order valence-corrected chi connectivity index (χ0v) is 24.9. The van der Waals surface area contributed by atoms with E-state index in [-0.39, 0.29) is 23.5 Å². The molecule has 4 N–H and O–H groups in total. The lowest BCUT2D eigenvalue weighted by Crippen LogP contribution is -2.29. The minimum atomic E-state index is -4.82. The Hall–Kier alpha value is -4.99. The van der Waals surface area contributed by atoms with Crippen LogP contribution in [-0.2, 0) is 16.0 Å². The predicted octanol–water partition coefficient (Wildman–Crippen LogP) is 4.11. The summed E-state index contributed by atoms with van der Waals surface area (Å²) in [5, 5.41) is 15.4. The third-order valence-corrected chi connectivity index (χ3v) is 7.20. The third-order valence-electron chi connectivity index (χ3n) is 6.26. The maximum atomic E-state index is 13.6. The van der Waals surface area contributed by atoms with E-state index in [1.807, 2.05) is 6.92 Å². The fourth-order valence-corrected chi connectivity index (χ4v) is 4.52. The molecular formula is C28H29F3N8O4S. The summed E-state index contributed by atoms with van der Waals surface area (Å²) in [6, 6.07) is 10.6. The lowest BCUT2D eigenvalue weighted by Gasteiger charge is -2.15. The molecule has 0 spiro atoms. The van der Waals surface area contributed by atoms with Crippen LogP contribution < -0.4 is 21.3 Å². The second kappa shape index (κ2) is 12.7. The van der Waals surface area contributed by atoms with Crippen LogP contribution in [0.2, 0.25) is 0 Å². The molecule has 0 fully saturated rings. The summed E-state index contributed by atoms with van der Waals surface area (Å²) < 4.78 is 65.1. The number of alkyl halides is 3. The van der Waals surface area contributed by atoms with Crippen LogP contribution in [0.1, 0.15) is 37.5 Å². The van der Waals surface area contributed by atoms with Gasteiger partial charge in [-0.25, -0.2) is 18.4 Å². The topological polar surface area (TPSA) is 160 Å². The first-order valence-corrected chi connectivity index (χ1v) is 15.1. The van der Waals surface area contributed by atoms with Crippen LogP contribution in [0.25, 0.3) is 5.82 Å². The van der Waals surface area contributed by atoms with Gasteiger partial charge in [-0.2, -0.15) is 23.0 Å². The van der Waals surface area contributed by atoms with E-state index in [9.17, 15) is 31.2 Å². The summed E-state index contributed by atoms with van der Waals surface area (Å²) in [5.74, 6) is -0.445. The van der Waals surface area contributed by atoms with Crippen LogP contribution in [0, 0.1) is 13.8 Å². The summed E-state index contributed by atoms with van der Waals surface area (Å²) in [4.78, 5) is 34.1. The Labute approximate surface area is 251 Å². The van der Waals surface area contributed by atoms with Crippen molar-refractivity contribution in [2.45, 2.75) is 20.0 Å². The van der Waals surface area contributed by atoms with Gasteiger partial charge in [0.05, 0.1) is 17.0 Å². The molecule has 2 heterocycles. The zero-order valence-electron chi connectivity index (χ0n) is 24.1. The molecule has 4 aromatic rings. The molecule has 2 aromatic heterocycles. The molecule has 2 aromatic carbocycles. The molecule has 44 heavy (non-hydrogen) atoms. The quantitative estimate of drug-likeness (QED) is 0.202. The molecule has 0 saturated carbocycles. The number of sulfone groups is 1. The third kappa shape index (κ3) is 8.09. The first-order valence-electron chi connectivity index (χ1n) is 13.1. The molecule has 0 aliphatic rings. The first-order chi connectivity index (χ1) is 20.6. The second-order valence-electron chi connectivity index (χ2n) is 9.89. The van der Waals surface area contributed by atoms with Gasteiger partial charge < -0.3 is 21.3 Å². The number of nitrogens with zero attached hydrogens (tertiary/aromatic N) is 4. The molecule has 4 rings (SSSR count). The lowest BCUT2D eigenvalue weighted by atomic mass is 10.1. The highest BCUT2D eigenvalue weighted by Gasteiger charge is 2.32. The van der Waals surface area contributed by atoms with Crippen molar-refractivity contribution in [3.05, 3.63) is 82.8 Å². The van der Waals surface area contributed by atoms with Gasteiger partial charge in [0.15, 0.2) is 5.82 Å². The van der Waals surface area contributed by atoms with Gasteiger partial charge in [-0.15, -0.1) is 0 Å². The second-order valence-corrected chi connectivity index (χ2v) is 12.1. The number of benzene rings is 2. The van der Waals surface area contributed by atoms with Crippen LogP contribution in [0.3, 0.4) is 0 Å². The highest BCUT2D eigenvalue weighted by Crippen LogP contribution is 2.32. The molecule has 0 radical (unpaired) electrons. The standard InChI is InChI=1S/C28H29F3N8O4S/c1-16-5-6-18(12-22(16)37-25-9-17(2)38-39(25)24-14-23(32-3)34-15-35-24)27(41)36-21-11-19(10-20(13-21)28(29,30)31)26(40)33-7-8-44(4,42)43/h5-6,9-15,37H,7-8H2,1-4H3,(H,33,40)(H,36,41)(H,32,34,35). The van der Waals surface area contributed by atoms with Crippen LogP contribution in [0.4, 0.5) is 36.2 Å². The number of carbonyl (C=O) groups is 2. The minimum Gasteiger partial charge on any atom is -0.373 e.